The highest BCUT2D eigenvalue weighted by molar-refractivity contribution is 9.10. The van der Waals surface area contributed by atoms with Crippen LogP contribution < -0.4 is 14.8 Å². The van der Waals surface area contributed by atoms with E-state index in [-0.39, 0.29) is 31.3 Å². The van der Waals surface area contributed by atoms with Crippen LogP contribution in [0.25, 0.3) is 0 Å². The average molecular weight is 490 g/mol. The van der Waals surface area contributed by atoms with E-state index < -0.39 is 11.6 Å². The Kier molecular flexibility index (Phi) is 5.92. The highest BCUT2D eigenvalue weighted by atomic mass is 79.9. The monoisotopic (exact) mass is 489 g/mol. The van der Waals surface area contributed by atoms with Crippen molar-refractivity contribution in [3.63, 3.8) is 0 Å². The molecule has 2 fully saturated rings. The standard InChI is InChI=1S/C22H24BrN3O5/c1-22(2)20(27)25(21(28)24-22)12-16(13-30-18-10-6-15(23)7-11-18)26-19(31-26)14-4-8-17(29-3)9-5-14/h4-11,16,19H,12-13H2,1-3H3,(H,24,28)/t16-,19?,26?/m0/s1. The highest BCUT2D eigenvalue weighted by Gasteiger charge is 2.49. The van der Waals surface area contributed by atoms with Crippen molar-refractivity contribution in [1.29, 1.82) is 0 Å². The minimum atomic E-state index is -0.927. The van der Waals surface area contributed by atoms with Gasteiger partial charge < -0.3 is 14.8 Å². The van der Waals surface area contributed by atoms with Gasteiger partial charge in [-0.2, -0.15) is 0 Å². The van der Waals surface area contributed by atoms with Crippen LogP contribution in [0.5, 0.6) is 11.5 Å². The number of carbonyl (C=O) groups is 2. The van der Waals surface area contributed by atoms with E-state index in [1.165, 1.54) is 4.90 Å². The molecule has 0 bridgehead atoms. The summed E-state index contributed by atoms with van der Waals surface area (Å²) in [5, 5.41) is 4.47. The normalized spacial score (nSPS) is 22.8. The summed E-state index contributed by atoms with van der Waals surface area (Å²) in [6.07, 6.45) is -0.279. The Hall–Kier alpha value is -2.62. The Bertz CT molecular complexity index is 964. The van der Waals surface area contributed by atoms with Crippen molar-refractivity contribution < 1.29 is 23.9 Å². The first-order valence-corrected chi connectivity index (χ1v) is 10.7. The van der Waals surface area contributed by atoms with Crippen LogP contribution in [0.4, 0.5) is 4.79 Å². The van der Waals surface area contributed by atoms with Crippen LogP contribution in [0.3, 0.4) is 0 Å². The highest BCUT2D eigenvalue weighted by Crippen LogP contribution is 2.40. The summed E-state index contributed by atoms with van der Waals surface area (Å²) < 4.78 is 12.1. The maximum Gasteiger partial charge on any atom is 0.325 e. The molecule has 2 aromatic rings. The summed E-state index contributed by atoms with van der Waals surface area (Å²) in [6.45, 7) is 3.77. The second-order valence-corrected chi connectivity index (χ2v) is 8.90. The minimum absolute atomic E-state index is 0.150. The predicted molar refractivity (Wildman–Crippen MR) is 116 cm³/mol. The van der Waals surface area contributed by atoms with Gasteiger partial charge in [0, 0.05) is 4.47 Å². The first kappa shape index (κ1) is 21.6. The van der Waals surface area contributed by atoms with Crippen LogP contribution in [-0.2, 0) is 9.63 Å². The molecule has 2 aromatic carbocycles. The molecule has 2 heterocycles. The number of hydrogen-bond acceptors (Lipinski definition) is 6. The molecule has 0 aromatic heterocycles. The van der Waals surface area contributed by atoms with Gasteiger partial charge in [-0.15, -0.1) is 5.06 Å². The van der Waals surface area contributed by atoms with E-state index in [4.69, 9.17) is 14.3 Å². The molecule has 3 amide bonds. The zero-order chi connectivity index (χ0) is 22.2. The lowest BCUT2D eigenvalue weighted by Gasteiger charge is -2.22. The molecule has 2 saturated heterocycles. The third kappa shape index (κ3) is 4.68. The topological polar surface area (TPSA) is 83.4 Å². The maximum atomic E-state index is 12.7. The Labute approximate surface area is 189 Å². The van der Waals surface area contributed by atoms with E-state index in [1.807, 2.05) is 48.5 Å². The van der Waals surface area contributed by atoms with Gasteiger partial charge in [-0.05, 0) is 55.8 Å². The molecule has 2 aliphatic rings. The molecule has 0 saturated carbocycles. The Morgan fingerprint density at radius 3 is 2.32 bits per heavy atom. The van der Waals surface area contributed by atoms with E-state index in [2.05, 4.69) is 21.2 Å². The van der Waals surface area contributed by atoms with E-state index in [9.17, 15) is 9.59 Å². The Morgan fingerprint density at radius 1 is 1.10 bits per heavy atom. The minimum Gasteiger partial charge on any atom is -0.497 e. The van der Waals surface area contributed by atoms with Gasteiger partial charge >= 0.3 is 6.03 Å². The van der Waals surface area contributed by atoms with Gasteiger partial charge in [0.15, 0.2) is 6.23 Å². The van der Waals surface area contributed by atoms with Crippen LogP contribution in [-0.4, -0.2) is 53.7 Å². The van der Waals surface area contributed by atoms with Gasteiger partial charge in [-0.3, -0.25) is 14.5 Å². The third-order valence-electron chi connectivity index (χ3n) is 5.26. The number of rotatable bonds is 8. The fourth-order valence-corrected chi connectivity index (χ4v) is 3.73. The average Bonchev–Trinajstić information content (AvgIpc) is 3.51. The van der Waals surface area contributed by atoms with E-state index in [0.717, 1.165) is 15.8 Å². The number of nitrogens with zero attached hydrogens (tertiary/aromatic N) is 2. The fourth-order valence-electron chi connectivity index (χ4n) is 3.47. The molecule has 8 nitrogen and oxygen atoms in total. The van der Waals surface area contributed by atoms with Gasteiger partial charge in [0.2, 0.25) is 0 Å². The molecule has 0 aliphatic carbocycles. The van der Waals surface area contributed by atoms with Crippen molar-refractivity contribution in [1.82, 2.24) is 15.3 Å². The number of ether oxygens (including phenoxy) is 2. The Balaban J connectivity index is 1.49. The predicted octanol–water partition coefficient (Wildman–Crippen LogP) is 3.48. The molecule has 2 aliphatic heterocycles. The molecule has 9 heteroatoms. The lowest BCUT2D eigenvalue weighted by atomic mass is 10.1. The smallest absolute Gasteiger partial charge is 0.325 e. The summed E-state index contributed by atoms with van der Waals surface area (Å²) in [5.74, 6) is 1.18. The molecule has 3 atom stereocenters. The van der Waals surface area contributed by atoms with Crippen molar-refractivity contribution >= 4 is 27.9 Å². The number of halogens is 1. The summed E-state index contributed by atoms with van der Waals surface area (Å²) >= 11 is 3.40. The molecule has 164 valence electrons. The fraction of sp³-hybridized carbons (Fsp3) is 0.364. The van der Waals surface area contributed by atoms with Crippen LogP contribution in [0, 0.1) is 0 Å². The van der Waals surface area contributed by atoms with Crippen molar-refractivity contribution in [2.24, 2.45) is 0 Å². The molecule has 0 spiro atoms. The van der Waals surface area contributed by atoms with Crippen molar-refractivity contribution in [2.75, 3.05) is 20.3 Å². The quantitative estimate of drug-likeness (QED) is 0.451. The lowest BCUT2D eigenvalue weighted by Crippen LogP contribution is -2.45. The van der Waals surface area contributed by atoms with Crippen molar-refractivity contribution in [3.05, 3.63) is 58.6 Å². The zero-order valence-corrected chi connectivity index (χ0v) is 19.1. The molecule has 4 rings (SSSR count). The molecule has 2 unspecified atom stereocenters. The third-order valence-corrected chi connectivity index (χ3v) is 5.79. The first-order chi connectivity index (χ1) is 14.8. The number of hydroxylamine groups is 2. The van der Waals surface area contributed by atoms with Gasteiger partial charge in [-0.1, -0.05) is 28.1 Å². The van der Waals surface area contributed by atoms with E-state index in [1.54, 1.807) is 26.0 Å². The molecular formula is C22H24BrN3O5. The summed E-state index contributed by atoms with van der Waals surface area (Å²) in [7, 11) is 1.62. The molecule has 0 radical (unpaired) electrons. The lowest BCUT2D eigenvalue weighted by molar-refractivity contribution is -0.130. The van der Waals surface area contributed by atoms with Crippen LogP contribution in [0.15, 0.2) is 53.0 Å². The SMILES string of the molecule is COc1ccc(C2ON2[C@H](COc2ccc(Br)cc2)CN2C(=O)NC(C)(C)C2=O)cc1. The van der Waals surface area contributed by atoms with Gasteiger partial charge in [0.05, 0.1) is 19.7 Å². The van der Waals surface area contributed by atoms with Gasteiger partial charge in [-0.25, -0.2) is 4.79 Å². The number of urea groups is 1. The van der Waals surface area contributed by atoms with E-state index in [0.29, 0.717) is 5.75 Å². The number of nitrogens with one attached hydrogen (secondary N) is 1. The summed E-state index contributed by atoms with van der Waals surface area (Å²) in [5.41, 5.74) is 0.0236. The molecule has 31 heavy (non-hydrogen) atoms. The Morgan fingerprint density at radius 2 is 1.74 bits per heavy atom. The number of carbonyl (C=O) groups excluding carboxylic acids is 2. The number of methoxy groups -OCH3 is 1. The number of hydrogen-bond donors (Lipinski definition) is 1. The van der Waals surface area contributed by atoms with Gasteiger partial charge in [0.1, 0.15) is 23.6 Å². The second-order valence-electron chi connectivity index (χ2n) is 7.98. The number of benzene rings is 2. The molecule has 1 N–H and O–H groups in total. The van der Waals surface area contributed by atoms with Crippen LogP contribution in [0.1, 0.15) is 25.6 Å². The van der Waals surface area contributed by atoms with Crippen molar-refractivity contribution in [2.45, 2.75) is 31.7 Å². The van der Waals surface area contributed by atoms with Gasteiger partial charge in [0.25, 0.3) is 5.91 Å². The number of amides is 3. The van der Waals surface area contributed by atoms with E-state index >= 15 is 0 Å². The second kappa shape index (κ2) is 8.49. The zero-order valence-electron chi connectivity index (χ0n) is 17.5. The first-order valence-electron chi connectivity index (χ1n) is 9.90. The van der Waals surface area contributed by atoms with Crippen molar-refractivity contribution in [3.8, 4) is 11.5 Å². The largest absolute Gasteiger partial charge is 0.497 e. The summed E-state index contributed by atoms with van der Waals surface area (Å²) in [4.78, 5) is 32.1. The molecular weight excluding hydrogens is 466 g/mol. The summed E-state index contributed by atoms with van der Waals surface area (Å²) in [6, 6.07) is 14.3. The van der Waals surface area contributed by atoms with Crippen LogP contribution >= 0.6 is 15.9 Å². The number of imide groups is 1. The van der Waals surface area contributed by atoms with Crippen LogP contribution in [0.2, 0.25) is 0 Å². The maximum absolute atomic E-state index is 12.7.